The molecule has 1 N–H and O–H groups in total. The number of pyridine rings is 1. The van der Waals surface area contributed by atoms with Crippen LogP contribution >= 0.6 is 0 Å². The van der Waals surface area contributed by atoms with Crippen LogP contribution in [0.25, 0.3) is 11.3 Å². The lowest BCUT2D eigenvalue weighted by molar-refractivity contribution is 0.102. The van der Waals surface area contributed by atoms with Gasteiger partial charge in [-0.15, -0.1) is 0 Å². The molecule has 0 atom stereocenters. The van der Waals surface area contributed by atoms with Gasteiger partial charge in [0.25, 0.3) is 5.91 Å². The van der Waals surface area contributed by atoms with Crippen molar-refractivity contribution in [3.05, 3.63) is 77.2 Å². The van der Waals surface area contributed by atoms with Gasteiger partial charge < -0.3 is 10.2 Å². The van der Waals surface area contributed by atoms with Crippen molar-refractivity contribution in [3.63, 3.8) is 0 Å². The number of hydrogen-bond acceptors (Lipinski definition) is 3. The monoisotopic (exact) mass is 375 g/mol. The minimum Gasteiger partial charge on any atom is -0.374 e. The van der Waals surface area contributed by atoms with Crippen molar-refractivity contribution >= 4 is 17.3 Å². The van der Waals surface area contributed by atoms with Crippen LogP contribution in [0.2, 0.25) is 0 Å². The Hall–Kier alpha value is -3.21. The Kier molecular flexibility index (Phi) is 4.82. The Morgan fingerprint density at radius 3 is 2.64 bits per heavy atom. The van der Waals surface area contributed by atoms with E-state index in [4.69, 9.17) is 0 Å². The van der Waals surface area contributed by atoms with Crippen LogP contribution in [0.4, 0.5) is 15.8 Å². The number of anilines is 2. The Bertz CT molecular complexity index is 1030. The fraction of sp³-hybridized carbons (Fsp3) is 0.217. The quantitative estimate of drug-likeness (QED) is 0.713. The first kappa shape index (κ1) is 18.2. The van der Waals surface area contributed by atoms with E-state index in [0.29, 0.717) is 17.0 Å². The van der Waals surface area contributed by atoms with E-state index < -0.39 is 0 Å². The van der Waals surface area contributed by atoms with Gasteiger partial charge in [0.15, 0.2) is 0 Å². The fourth-order valence-electron chi connectivity index (χ4n) is 3.62. The minimum atomic E-state index is -0.285. The van der Waals surface area contributed by atoms with Gasteiger partial charge in [0.1, 0.15) is 5.82 Å². The van der Waals surface area contributed by atoms with Crippen LogP contribution in [0, 0.1) is 12.7 Å². The predicted octanol–water partition coefficient (Wildman–Crippen LogP) is 4.83. The number of aromatic nitrogens is 1. The number of rotatable bonds is 3. The zero-order valence-corrected chi connectivity index (χ0v) is 16.0. The first-order chi connectivity index (χ1) is 13.5. The minimum absolute atomic E-state index is 0.186. The number of hydrogen-bond donors (Lipinski definition) is 1. The summed E-state index contributed by atoms with van der Waals surface area (Å²) >= 11 is 0. The number of benzene rings is 2. The molecular formula is C23H22FN3O. The topological polar surface area (TPSA) is 45.2 Å². The van der Waals surface area contributed by atoms with Crippen molar-refractivity contribution in [1.29, 1.82) is 0 Å². The fourth-order valence-corrected chi connectivity index (χ4v) is 3.62. The maximum atomic E-state index is 13.1. The molecule has 2 aromatic carbocycles. The Morgan fingerprint density at radius 1 is 1.11 bits per heavy atom. The number of aryl methyl sites for hydroxylation is 2. The van der Waals surface area contributed by atoms with E-state index in [1.807, 2.05) is 19.1 Å². The van der Waals surface area contributed by atoms with Gasteiger partial charge in [0.05, 0.1) is 17.0 Å². The third kappa shape index (κ3) is 3.60. The summed E-state index contributed by atoms with van der Waals surface area (Å²) in [5, 5.41) is 2.98. The standard InChI is InChI=1S/C23H22FN3O/c1-15-20(11-12-21(25-15)16-5-8-18(24)9-6-16)23(28)26-19-10-7-17-4-3-13-27(2)22(17)14-19/h5-12,14H,3-4,13H2,1-2H3,(H,26,28). The molecule has 3 aromatic rings. The third-order valence-electron chi connectivity index (χ3n) is 5.16. The normalized spacial score (nSPS) is 13.2. The largest absolute Gasteiger partial charge is 0.374 e. The molecule has 0 fully saturated rings. The summed E-state index contributed by atoms with van der Waals surface area (Å²) in [6.07, 6.45) is 2.22. The van der Waals surface area contributed by atoms with E-state index in [0.717, 1.165) is 30.6 Å². The van der Waals surface area contributed by atoms with Crippen molar-refractivity contribution in [1.82, 2.24) is 4.98 Å². The molecule has 142 valence electrons. The summed E-state index contributed by atoms with van der Waals surface area (Å²) in [7, 11) is 2.08. The van der Waals surface area contributed by atoms with E-state index in [1.165, 1.54) is 23.4 Å². The second kappa shape index (κ2) is 7.43. The number of carbonyl (C=O) groups excluding carboxylic acids is 1. The highest BCUT2D eigenvalue weighted by atomic mass is 19.1. The second-order valence-electron chi connectivity index (χ2n) is 7.16. The highest BCUT2D eigenvalue weighted by Gasteiger charge is 2.16. The lowest BCUT2D eigenvalue weighted by Gasteiger charge is -2.28. The van der Waals surface area contributed by atoms with Gasteiger partial charge in [0.2, 0.25) is 0 Å². The molecule has 0 spiro atoms. The zero-order valence-electron chi connectivity index (χ0n) is 16.0. The number of carbonyl (C=O) groups is 1. The van der Waals surface area contributed by atoms with Crippen molar-refractivity contribution < 1.29 is 9.18 Å². The molecule has 28 heavy (non-hydrogen) atoms. The van der Waals surface area contributed by atoms with Crippen LogP contribution in [0.15, 0.2) is 54.6 Å². The van der Waals surface area contributed by atoms with E-state index in [9.17, 15) is 9.18 Å². The predicted molar refractivity (Wildman–Crippen MR) is 110 cm³/mol. The molecule has 0 saturated carbocycles. The average Bonchev–Trinajstić information content (AvgIpc) is 2.69. The summed E-state index contributed by atoms with van der Waals surface area (Å²) in [5.74, 6) is -0.471. The maximum Gasteiger partial charge on any atom is 0.257 e. The second-order valence-corrected chi connectivity index (χ2v) is 7.16. The molecule has 1 aliphatic heterocycles. The van der Waals surface area contributed by atoms with E-state index in [1.54, 1.807) is 24.3 Å². The van der Waals surface area contributed by atoms with Crippen LogP contribution in [0.1, 0.15) is 28.0 Å². The number of nitrogens with one attached hydrogen (secondary N) is 1. The Labute approximate surface area is 164 Å². The number of nitrogens with zero attached hydrogens (tertiary/aromatic N) is 2. The first-order valence-corrected chi connectivity index (χ1v) is 9.40. The molecule has 0 bridgehead atoms. The molecule has 0 aliphatic carbocycles. The summed E-state index contributed by atoms with van der Waals surface area (Å²) in [6.45, 7) is 2.83. The molecule has 4 nitrogen and oxygen atoms in total. The molecule has 0 radical (unpaired) electrons. The van der Waals surface area contributed by atoms with Gasteiger partial charge in [-0.3, -0.25) is 9.78 Å². The Balaban J connectivity index is 1.55. The smallest absolute Gasteiger partial charge is 0.257 e. The number of halogens is 1. The van der Waals surface area contributed by atoms with Crippen LogP contribution < -0.4 is 10.2 Å². The van der Waals surface area contributed by atoms with Gasteiger partial charge in [-0.2, -0.15) is 0 Å². The lowest BCUT2D eigenvalue weighted by Crippen LogP contribution is -2.25. The van der Waals surface area contributed by atoms with Gasteiger partial charge in [-0.05, 0) is 73.9 Å². The van der Waals surface area contributed by atoms with Crippen molar-refractivity contribution in [2.45, 2.75) is 19.8 Å². The van der Waals surface area contributed by atoms with Crippen LogP contribution in [0.3, 0.4) is 0 Å². The molecule has 4 rings (SSSR count). The van der Waals surface area contributed by atoms with Gasteiger partial charge in [-0.1, -0.05) is 6.07 Å². The summed E-state index contributed by atoms with van der Waals surface area (Å²) < 4.78 is 13.1. The van der Waals surface area contributed by atoms with E-state index >= 15 is 0 Å². The van der Waals surface area contributed by atoms with E-state index in [2.05, 4.69) is 28.3 Å². The molecule has 1 amide bonds. The number of amides is 1. The van der Waals surface area contributed by atoms with Crippen LogP contribution in [-0.4, -0.2) is 24.5 Å². The average molecular weight is 375 g/mol. The molecule has 2 heterocycles. The maximum absolute atomic E-state index is 13.1. The lowest BCUT2D eigenvalue weighted by atomic mass is 10.0. The van der Waals surface area contributed by atoms with E-state index in [-0.39, 0.29) is 11.7 Å². The van der Waals surface area contributed by atoms with Gasteiger partial charge >= 0.3 is 0 Å². The van der Waals surface area contributed by atoms with Crippen LogP contribution in [0.5, 0.6) is 0 Å². The van der Waals surface area contributed by atoms with Gasteiger partial charge in [-0.25, -0.2) is 4.39 Å². The molecule has 5 heteroatoms. The third-order valence-corrected chi connectivity index (χ3v) is 5.16. The summed E-state index contributed by atoms with van der Waals surface area (Å²) in [5.41, 5.74) is 5.95. The summed E-state index contributed by atoms with van der Waals surface area (Å²) in [4.78, 5) is 19.5. The highest BCUT2D eigenvalue weighted by Crippen LogP contribution is 2.29. The van der Waals surface area contributed by atoms with Crippen LogP contribution in [-0.2, 0) is 6.42 Å². The summed E-state index contributed by atoms with van der Waals surface area (Å²) in [6, 6.07) is 15.8. The number of fused-ring (bicyclic) bond motifs is 1. The van der Waals surface area contributed by atoms with Crippen molar-refractivity contribution in [2.75, 3.05) is 23.8 Å². The molecule has 1 aromatic heterocycles. The Morgan fingerprint density at radius 2 is 1.89 bits per heavy atom. The molecular weight excluding hydrogens is 353 g/mol. The molecule has 0 saturated heterocycles. The molecule has 1 aliphatic rings. The van der Waals surface area contributed by atoms with Crippen molar-refractivity contribution in [2.24, 2.45) is 0 Å². The first-order valence-electron chi connectivity index (χ1n) is 9.40. The SMILES string of the molecule is Cc1nc(-c2ccc(F)cc2)ccc1C(=O)Nc1ccc2c(c1)N(C)CCC2. The molecule has 0 unspecified atom stereocenters. The van der Waals surface area contributed by atoms with Gasteiger partial charge in [0, 0.05) is 30.5 Å². The zero-order chi connectivity index (χ0) is 19.7. The highest BCUT2D eigenvalue weighted by molar-refractivity contribution is 6.05. The van der Waals surface area contributed by atoms with Crippen molar-refractivity contribution in [3.8, 4) is 11.3 Å².